The number of fused-ring (bicyclic) bond motifs is 1. The number of benzene rings is 2. The second-order valence-electron chi connectivity index (χ2n) is 5.14. The molecule has 0 aliphatic heterocycles. The average molecular weight is 376 g/mol. The largest absolute Gasteiger partial charge is 0.328 e. The molecular weight excluding hydrogens is 367 g/mol. The molecule has 0 N–H and O–H groups in total. The highest BCUT2D eigenvalue weighted by Crippen LogP contribution is 2.33. The Morgan fingerprint density at radius 3 is 2.30 bits per heavy atom. The van der Waals surface area contributed by atoms with Crippen molar-refractivity contribution < 1.29 is 0 Å². The highest BCUT2D eigenvalue weighted by atomic mass is 79.9. The molecule has 1 aromatic heterocycles. The standard InChI is InChI=1S/C16H9B3BrNOS/c17-16(18,19)21-13-4-2-1-3-12(13)14(9-15(21)22)23-11-7-5-10(20)6-8-11/h1-9H. The van der Waals surface area contributed by atoms with Gasteiger partial charge in [-0.15, -0.1) is 0 Å². The van der Waals surface area contributed by atoms with Crippen LogP contribution < -0.4 is 5.56 Å². The van der Waals surface area contributed by atoms with E-state index < -0.39 is 5.24 Å². The molecule has 0 atom stereocenters. The van der Waals surface area contributed by atoms with Crippen LogP contribution in [0, 0.1) is 0 Å². The Labute approximate surface area is 151 Å². The Morgan fingerprint density at radius 2 is 1.65 bits per heavy atom. The van der Waals surface area contributed by atoms with E-state index in [9.17, 15) is 4.79 Å². The van der Waals surface area contributed by atoms with E-state index in [0.717, 1.165) is 19.6 Å². The monoisotopic (exact) mass is 375 g/mol. The van der Waals surface area contributed by atoms with Crippen LogP contribution in [0.15, 0.2) is 73.7 Å². The predicted octanol–water partition coefficient (Wildman–Crippen LogP) is 2.99. The lowest BCUT2D eigenvalue weighted by Gasteiger charge is -2.27. The molecule has 1 heterocycles. The second kappa shape index (κ2) is 6.29. The molecule has 7 heteroatoms. The van der Waals surface area contributed by atoms with Gasteiger partial charge in [-0.05, 0) is 30.3 Å². The van der Waals surface area contributed by atoms with Gasteiger partial charge in [-0.2, -0.15) is 0 Å². The average Bonchev–Trinajstić information content (AvgIpc) is 2.48. The molecule has 23 heavy (non-hydrogen) atoms. The van der Waals surface area contributed by atoms with E-state index in [4.69, 9.17) is 23.5 Å². The van der Waals surface area contributed by atoms with Gasteiger partial charge < -0.3 is 4.57 Å². The Morgan fingerprint density at radius 1 is 1.00 bits per heavy atom. The van der Waals surface area contributed by atoms with Crippen molar-refractivity contribution in [3.05, 3.63) is 69.4 Å². The first kappa shape index (κ1) is 16.5. The summed E-state index contributed by atoms with van der Waals surface area (Å²) < 4.78 is 2.20. The lowest BCUT2D eigenvalue weighted by atomic mass is 9.49. The summed E-state index contributed by atoms with van der Waals surface area (Å²) in [5.74, 6) is 0. The van der Waals surface area contributed by atoms with Gasteiger partial charge in [-0.3, -0.25) is 4.79 Å². The fraction of sp³-hybridized carbons (Fsp3) is 0.0625. The van der Waals surface area contributed by atoms with E-state index in [-0.39, 0.29) is 5.56 Å². The van der Waals surface area contributed by atoms with Crippen molar-refractivity contribution in [2.24, 2.45) is 0 Å². The zero-order valence-corrected chi connectivity index (χ0v) is 14.5. The van der Waals surface area contributed by atoms with E-state index in [1.807, 2.05) is 42.5 Å². The molecule has 2 nitrogen and oxygen atoms in total. The summed E-state index contributed by atoms with van der Waals surface area (Å²) in [5.41, 5.74) is 0.267. The fourth-order valence-corrected chi connectivity index (χ4v) is 3.60. The fourth-order valence-electron chi connectivity index (χ4n) is 2.36. The van der Waals surface area contributed by atoms with Gasteiger partial charge in [0.2, 0.25) is 0 Å². The molecule has 2 aromatic carbocycles. The van der Waals surface area contributed by atoms with Crippen LogP contribution in [0.25, 0.3) is 10.9 Å². The molecule has 0 fully saturated rings. The minimum absolute atomic E-state index is 0.337. The SMILES string of the molecule is [B]C([B])([B])n1c(=O)cc(Sc2ccc(Br)cc2)c2ccccc21. The highest BCUT2D eigenvalue weighted by molar-refractivity contribution is 9.10. The lowest BCUT2D eigenvalue weighted by Crippen LogP contribution is -2.42. The third kappa shape index (κ3) is 3.46. The number of hydrogen-bond acceptors (Lipinski definition) is 2. The van der Waals surface area contributed by atoms with E-state index in [0.29, 0.717) is 5.52 Å². The smallest absolute Gasteiger partial charge is 0.250 e. The van der Waals surface area contributed by atoms with Gasteiger partial charge in [0.1, 0.15) is 0 Å². The molecule has 0 saturated carbocycles. The molecule has 0 aliphatic rings. The van der Waals surface area contributed by atoms with Gasteiger partial charge in [-0.25, -0.2) is 0 Å². The van der Waals surface area contributed by atoms with Crippen molar-refractivity contribution in [2.75, 3.05) is 0 Å². The zero-order valence-electron chi connectivity index (χ0n) is 12.1. The minimum atomic E-state index is -1.75. The topological polar surface area (TPSA) is 22.0 Å². The first-order valence-corrected chi connectivity index (χ1v) is 8.42. The second-order valence-corrected chi connectivity index (χ2v) is 7.17. The minimum Gasteiger partial charge on any atom is -0.328 e. The van der Waals surface area contributed by atoms with Gasteiger partial charge in [-0.1, -0.05) is 51.1 Å². The maximum Gasteiger partial charge on any atom is 0.250 e. The number of nitrogens with zero attached hydrogens (tertiary/aromatic N) is 1. The molecular formula is C16H9B3BrNOS. The number of hydrogen-bond donors (Lipinski definition) is 0. The zero-order chi connectivity index (χ0) is 16.6. The van der Waals surface area contributed by atoms with Crippen LogP contribution in [-0.4, -0.2) is 28.1 Å². The van der Waals surface area contributed by atoms with Gasteiger partial charge in [0.05, 0.1) is 29.1 Å². The van der Waals surface area contributed by atoms with E-state index in [1.165, 1.54) is 22.4 Å². The summed E-state index contributed by atoms with van der Waals surface area (Å²) in [6, 6.07) is 16.8. The maximum atomic E-state index is 12.4. The van der Waals surface area contributed by atoms with Crippen LogP contribution in [0.4, 0.5) is 0 Å². The molecule has 6 radical (unpaired) electrons. The maximum absolute atomic E-state index is 12.4. The van der Waals surface area contributed by atoms with Crippen molar-refractivity contribution in [1.29, 1.82) is 0 Å². The van der Waals surface area contributed by atoms with Gasteiger partial charge >= 0.3 is 0 Å². The normalized spacial score (nSPS) is 11.7. The molecule has 0 aliphatic carbocycles. The summed E-state index contributed by atoms with van der Waals surface area (Å²) in [7, 11) is 17.2. The van der Waals surface area contributed by atoms with Gasteiger partial charge in [0, 0.05) is 25.7 Å². The van der Waals surface area contributed by atoms with Crippen LogP contribution in [0.3, 0.4) is 0 Å². The molecule has 0 unspecified atom stereocenters. The number of halogens is 1. The number of pyridine rings is 1. The van der Waals surface area contributed by atoms with Crippen molar-refractivity contribution in [1.82, 2.24) is 4.57 Å². The Kier molecular flexibility index (Phi) is 4.52. The summed E-state index contributed by atoms with van der Waals surface area (Å²) in [6.45, 7) is 0. The van der Waals surface area contributed by atoms with Gasteiger partial charge in [0.25, 0.3) is 5.56 Å². The van der Waals surface area contributed by atoms with Crippen LogP contribution >= 0.6 is 27.7 Å². The van der Waals surface area contributed by atoms with E-state index in [1.54, 1.807) is 6.07 Å². The molecule has 3 rings (SSSR count). The summed E-state index contributed by atoms with van der Waals surface area (Å²) >= 11 is 4.91. The lowest BCUT2D eigenvalue weighted by molar-refractivity contribution is 0.776. The van der Waals surface area contributed by atoms with Crippen LogP contribution in [0.1, 0.15) is 0 Å². The molecule has 3 aromatic rings. The number of aromatic nitrogens is 1. The van der Waals surface area contributed by atoms with Crippen molar-refractivity contribution in [3.8, 4) is 0 Å². The third-order valence-electron chi connectivity index (χ3n) is 3.31. The Hall–Kier alpha value is -1.33. The van der Waals surface area contributed by atoms with Crippen LogP contribution in [0.2, 0.25) is 0 Å². The Balaban J connectivity index is 2.19. The summed E-state index contributed by atoms with van der Waals surface area (Å²) in [6.07, 6.45) is 0. The molecule has 0 amide bonds. The van der Waals surface area contributed by atoms with Gasteiger partial charge in [0.15, 0.2) is 0 Å². The molecule has 0 bridgehead atoms. The van der Waals surface area contributed by atoms with Crippen LogP contribution in [0.5, 0.6) is 0 Å². The predicted molar refractivity (Wildman–Crippen MR) is 102 cm³/mol. The molecule has 0 saturated heterocycles. The summed E-state index contributed by atoms with van der Waals surface area (Å²) in [5, 5.41) is -0.886. The molecule has 0 spiro atoms. The van der Waals surface area contributed by atoms with Crippen molar-refractivity contribution in [2.45, 2.75) is 15.0 Å². The first-order chi connectivity index (χ1) is 10.9. The quantitative estimate of drug-likeness (QED) is 0.657. The molecule has 106 valence electrons. The van der Waals surface area contributed by atoms with Crippen LogP contribution in [-0.2, 0) is 5.24 Å². The van der Waals surface area contributed by atoms with Crippen molar-refractivity contribution in [3.63, 3.8) is 0 Å². The summed E-state index contributed by atoms with van der Waals surface area (Å²) in [4.78, 5) is 14.3. The Bertz CT molecular complexity index is 919. The van der Waals surface area contributed by atoms with Crippen molar-refractivity contribution >= 4 is 62.1 Å². The van der Waals surface area contributed by atoms with E-state index >= 15 is 0 Å². The first-order valence-electron chi connectivity index (χ1n) is 6.81. The third-order valence-corrected chi connectivity index (χ3v) is 4.91. The number of rotatable bonds is 3. The highest BCUT2D eigenvalue weighted by Gasteiger charge is 2.18. The van der Waals surface area contributed by atoms with E-state index in [2.05, 4.69) is 15.9 Å². The number of para-hydroxylation sites is 1.